The minimum atomic E-state index is -0.691. The van der Waals surface area contributed by atoms with E-state index >= 15 is 0 Å². The van der Waals surface area contributed by atoms with Crippen molar-refractivity contribution in [2.75, 3.05) is 13.7 Å². The van der Waals surface area contributed by atoms with Crippen molar-refractivity contribution >= 4 is 23.4 Å². The number of hydrogen-bond donors (Lipinski definition) is 1. The summed E-state index contributed by atoms with van der Waals surface area (Å²) in [5.41, 5.74) is 0.757. The number of ether oxygens (including phenoxy) is 2. The van der Waals surface area contributed by atoms with Crippen LogP contribution in [0.4, 0.5) is 0 Å². The van der Waals surface area contributed by atoms with E-state index in [0.29, 0.717) is 16.5 Å². The van der Waals surface area contributed by atoms with Gasteiger partial charge in [-0.3, -0.25) is 9.59 Å². The predicted octanol–water partition coefficient (Wildman–Crippen LogP) is 4.06. The van der Waals surface area contributed by atoms with Crippen molar-refractivity contribution in [3.05, 3.63) is 59.1 Å². The molecule has 0 aliphatic carbocycles. The first-order valence-electron chi connectivity index (χ1n) is 9.96. The van der Waals surface area contributed by atoms with Crippen molar-refractivity contribution in [3.63, 3.8) is 0 Å². The number of rotatable bonds is 10. The van der Waals surface area contributed by atoms with Crippen LogP contribution in [0.25, 0.3) is 0 Å². The van der Waals surface area contributed by atoms with Crippen molar-refractivity contribution < 1.29 is 19.1 Å². The molecular weight excluding hydrogens is 404 g/mol. The third-order valence-electron chi connectivity index (χ3n) is 4.89. The maximum Gasteiger partial charge on any atom is 0.261 e. The molecule has 0 unspecified atom stereocenters. The Kier molecular flexibility index (Phi) is 8.99. The number of carbonyl (C=O) groups excluding carboxylic acids is 2. The normalized spacial score (nSPS) is 12.6. The highest BCUT2D eigenvalue weighted by Crippen LogP contribution is 2.26. The molecule has 0 fully saturated rings. The molecule has 0 aromatic heterocycles. The molecule has 0 bridgehead atoms. The molecule has 2 amide bonds. The van der Waals surface area contributed by atoms with E-state index in [1.165, 1.54) is 12.0 Å². The second-order valence-corrected chi connectivity index (χ2v) is 7.45. The second-order valence-electron chi connectivity index (χ2n) is 7.05. The summed E-state index contributed by atoms with van der Waals surface area (Å²) in [7, 11) is 1.54. The van der Waals surface area contributed by atoms with Gasteiger partial charge in [0.25, 0.3) is 5.91 Å². The smallest absolute Gasteiger partial charge is 0.261 e. The van der Waals surface area contributed by atoms with E-state index in [2.05, 4.69) is 5.32 Å². The Balaban J connectivity index is 2.19. The first kappa shape index (κ1) is 23.5. The number of para-hydroxylation sites is 2. The number of carbonyl (C=O) groups is 2. The fourth-order valence-corrected chi connectivity index (χ4v) is 3.01. The molecule has 6 nitrogen and oxygen atoms in total. The fraction of sp³-hybridized carbons (Fsp3) is 0.391. The molecule has 0 radical (unpaired) electrons. The molecular formula is C23H29ClN2O4. The number of nitrogens with one attached hydrogen (secondary N) is 1. The zero-order chi connectivity index (χ0) is 22.1. The van der Waals surface area contributed by atoms with Crippen LogP contribution in [0.15, 0.2) is 48.5 Å². The Morgan fingerprint density at radius 2 is 1.70 bits per heavy atom. The van der Waals surface area contributed by atoms with Gasteiger partial charge in [-0.25, -0.2) is 0 Å². The third kappa shape index (κ3) is 6.39. The number of amides is 2. The lowest BCUT2D eigenvalue weighted by molar-refractivity contribution is -0.142. The van der Waals surface area contributed by atoms with Gasteiger partial charge in [0.05, 0.1) is 7.11 Å². The monoisotopic (exact) mass is 432 g/mol. The minimum Gasteiger partial charge on any atom is -0.493 e. The molecule has 2 rings (SSSR count). The van der Waals surface area contributed by atoms with E-state index in [1.807, 2.05) is 38.1 Å². The van der Waals surface area contributed by atoms with Gasteiger partial charge in [-0.15, -0.1) is 0 Å². The van der Waals surface area contributed by atoms with Gasteiger partial charge in [0.15, 0.2) is 18.1 Å². The first-order valence-corrected chi connectivity index (χ1v) is 10.3. The highest BCUT2D eigenvalue weighted by molar-refractivity contribution is 6.31. The molecule has 2 aromatic carbocycles. The van der Waals surface area contributed by atoms with Crippen molar-refractivity contribution in [1.29, 1.82) is 0 Å². The summed E-state index contributed by atoms with van der Waals surface area (Å²) < 4.78 is 10.9. The maximum absolute atomic E-state index is 13.1. The van der Waals surface area contributed by atoms with Crippen LogP contribution in [-0.4, -0.2) is 42.5 Å². The summed E-state index contributed by atoms with van der Waals surface area (Å²) in [5, 5.41) is 3.47. The molecule has 0 saturated carbocycles. The Morgan fingerprint density at radius 3 is 2.33 bits per heavy atom. The molecule has 162 valence electrons. The molecule has 0 aliphatic heterocycles. The Labute approximate surface area is 183 Å². The van der Waals surface area contributed by atoms with Crippen LogP contribution in [-0.2, 0) is 16.1 Å². The van der Waals surface area contributed by atoms with Crippen molar-refractivity contribution in [2.24, 2.45) is 0 Å². The summed E-state index contributed by atoms with van der Waals surface area (Å²) in [6.07, 6.45) is 0.799. The van der Waals surface area contributed by atoms with E-state index in [-0.39, 0.29) is 31.0 Å². The molecule has 1 N–H and O–H groups in total. The van der Waals surface area contributed by atoms with Crippen molar-refractivity contribution in [3.8, 4) is 11.5 Å². The predicted molar refractivity (Wildman–Crippen MR) is 118 cm³/mol. The first-order chi connectivity index (χ1) is 14.4. The molecule has 7 heteroatoms. The van der Waals surface area contributed by atoms with Gasteiger partial charge in [-0.1, -0.05) is 48.9 Å². The van der Waals surface area contributed by atoms with Crippen LogP contribution in [0.1, 0.15) is 32.8 Å². The zero-order valence-corrected chi connectivity index (χ0v) is 18.6. The summed E-state index contributed by atoms with van der Waals surface area (Å²) in [6.45, 7) is 5.59. The third-order valence-corrected chi connectivity index (χ3v) is 5.26. The topological polar surface area (TPSA) is 67.9 Å². The van der Waals surface area contributed by atoms with Crippen LogP contribution in [0.3, 0.4) is 0 Å². The number of benzene rings is 2. The standard InChI is InChI=1S/C23H29ClN2O4/c1-5-16(2)25-23(28)17(3)26(14-18-10-6-7-11-19(18)24)22(27)15-30-21-13-9-8-12-20(21)29-4/h6-13,16-17H,5,14-15H2,1-4H3,(H,25,28)/t16-,17+/m1/s1. The molecule has 2 atom stereocenters. The summed E-state index contributed by atoms with van der Waals surface area (Å²) in [6, 6.07) is 13.7. The van der Waals surface area contributed by atoms with Crippen molar-refractivity contribution in [2.45, 2.75) is 45.8 Å². The van der Waals surface area contributed by atoms with Gasteiger partial charge >= 0.3 is 0 Å². The maximum atomic E-state index is 13.1. The lowest BCUT2D eigenvalue weighted by Gasteiger charge is -2.30. The van der Waals surface area contributed by atoms with Gasteiger partial charge in [0, 0.05) is 17.6 Å². The van der Waals surface area contributed by atoms with Gasteiger partial charge in [0.2, 0.25) is 5.91 Å². The van der Waals surface area contributed by atoms with Gasteiger partial charge in [-0.2, -0.15) is 0 Å². The lowest BCUT2D eigenvalue weighted by Crippen LogP contribution is -2.50. The van der Waals surface area contributed by atoms with Crippen LogP contribution >= 0.6 is 11.6 Å². The fourth-order valence-electron chi connectivity index (χ4n) is 2.82. The molecule has 0 heterocycles. The van der Waals surface area contributed by atoms with Crippen LogP contribution in [0.5, 0.6) is 11.5 Å². The Bertz CT molecular complexity index is 859. The quantitative estimate of drug-likeness (QED) is 0.614. The molecule has 0 aliphatic rings. The highest BCUT2D eigenvalue weighted by atomic mass is 35.5. The van der Waals surface area contributed by atoms with Crippen LogP contribution in [0.2, 0.25) is 5.02 Å². The number of halogens is 1. The van der Waals surface area contributed by atoms with Crippen LogP contribution < -0.4 is 14.8 Å². The lowest BCUT2D eigenvalue weighted by atomic mass is 10.1. The highest BCUT2D eigenvalue weighted by Gasteiger charge is 2.27. The summed E-state index contributed by atoms with van der Waals surface area (Å²) in [5.74, 6) is 0.447. The minimum absolute atomic E-state index is 0.0158. The summed E-state index contributed by atoms with van der Waals surface area (Å²) >= 11 is 6.29. The van der Waals surface area contributed by atoms with Gasteiger partial charge in [0.1, 0.15) is 6.04 Å². The van der Waals surface area contributed by atoms with E-state index in [4.69, 9.17) is 21.1 Å². The molecule has 2 aromatic rings. The van der Waals surface area contributed by atoms with Crippen LogP contribution in [0, 0.1) is 0 Å². The van der Waals surface area contributed by atoms with E-state index in [9.17, 15) is 9.59 Å². The van der Waals surface area contributed by atoms with Gasteiger partial charge in [-0.05, 0) is 44.0 Å². The molecule has 0 spiro atoms. The summed E-state index contributed by atoms with van der Waals surface area (Å²) in [4.78, 5) is 27.3. The number of hydrogen-bond acceptors (Lipinski definition) is 4. The SMILES string of the molecule is CC[C@@H](C)NC(=O)[C@H](C)N(Cc1ccccc1Cl)C(=O)COc1ccccc1OC. The van der Waals surface area contributed by atoms with Crippen molar-refractivity contribution in [1.82, 2.24) is 10.2 Å². The largest absolute Gasteiger partial charge is 0.493 e. The number of methoxy groups -OCH3 is 1. The van der Waals surface area contributed by atoms with Gasteiger partial charge < -0.3 is 19.7 Å². The van der Waals surface area contributed by atoms with E-state index in [0.717, 1.165) is 12.0 Å². The Morgan fingerprint density at radius 1 is 1.07 bits per heavy atom. The van der Waals surface area contributed by atoms with E-state index in [1.54, 1.807) is 31.2 Å². The van der Waals surface area contributed by atoms with E-state index < -0.39 is 6.04 Å². The second kappa shape index (κ2) is 11.5. The Hall–Kier alpha value is -2.73. The average Bonchev–Trinajstić information content (AvgIpc) is 2.76. The molecule has 30 heavy (non-hydrogen) atoms. The number of nitrogens with zero attached hydrogens (tertiary/aromatic N) is 1. The zero-order valence-electron chi connectivity index (χ0n) is 17.9. The average molecular weight is 433 g/mol. The molecule has 0 saturated heterocycles.